The Morgan fingerprint density at radius 1 is 1.30 bits per heavy atom. The molecule has 23 heavy (non-hydrogen) atoms. The summed E-state index contributed by atoms with van der Waals surface area (Å²) < 4.78 is 5.16. The maximum Gasteiger partial charge on any atom is 0.190 e. The van der Waals surface area contributed by atoms with Crippen LogP contribution in [0.15, 0.2) is 29.4 Å². The van der Waals surface area contributed by atoms with Crippen molar-refractivity contribution in [1.29, 1.82) is 5.26 Å². The van der Waals surface area contributed by atoms with Crippen molar-refractivity contribution < 1.29 is 4.74 Å². The average Bonchev–Trinajstić information content (AvgIpc) is 2.59. The predicted octanol–water partition coefficient (Wildman–Crippen LogP) is 3.06. The summed E-state index contributed by atoms with van der Waals surface area (Å²) in [4.78, 5) is 8.87. The molecule has 0 aliphatic rings. The molecule has 1 aromatic carbocycles. The van der Waals surface area contributed by atoms with Crippen LogP contribution in [0.5, 0.6) is 5.75 Å². The highest BCUT2D eigenvalue weighted by molar-refractivity contribution is 7.99. The number of aromatic nitrogens is 2. The first-order valence-electron chi connectivity index (χ1n) is 7.15. The summed E-state index contributed by atoms with van der Waals surface area (Å²) in [6, 6.07) is 9.50. The Morgan fingerprint density at radius 2 is 2.00 bits per heavy atom. The fraction of sp³-hybridized carbons (Fsp3) is 0.312. The smallest absolute Gasteiger partial charge is 0.190 e. The summed E-state index contributed by atoms with van der Waals surface area (Å²) in [5.74, 6) is 8.00. The lowest BCUT2D eigenvalue weighted by atomic mass is 10.1. The normalized spacial score (nSPS) is 10.4. The molecule has 0 saturated carbocycles. The maximum absolute atomic E-state index is 9.44. The molecule has 3 N–H and O–H groups in total. The lowest BCUT2D eigenvalue weighted by molar-refractivity contribution is 0.415. The fourth-order valence-electron chi connectivity index (χ4n) is 1.91. The SMILES string of the molecule is COc1ccc(-c2nc(SCC(C)C)nc(NN)c2C#N)cc1. The Hall–Kier alpha value is -2.30. The number of hydrogen-bond donors (Lipinski definition) is 2. The van der Waals surface area contributed by atoms with Crippen molar-refractivity contribution >= 4 is 17.6 Å². The largest absolute Gasteiger partial charge is 0.497 e. The summed E-state index contributed by atoms with van der Waals surface area (Å²) in [5.41, 5.74) is 4.19. The molecule has 0 aliphatic heterocycles. The molecule has 120 valence electrons. The molecule has 6 nitrogen and oxygen atoms in total. The second-order valence-electron chi connectivity index (χ2n) is 5.27. The number of nitrogens with zero attached hydrogens (tertiary/aromatic N) is 3. The number of rotatable bonds is 6. The van der Waals surface area contributed by atoms with Gasteiger partial charge in [0.25, 0.3) is 0 Å². The van der Waals surface area contributed by atoms with Gasteiger partial charge in [0.05, 0.1) is 12.8 Å². The van der Waals surface area contributed by atoms with Crippen LogP contribution in [0.3, 0.4) is 0 Å². The van der Waals surface area contributed by atoms with Gasteiger partial charge in [-0.1, -0.05) is 25.6 Å². The van der Waals surface area contributed by atoms with Gasteiger partial charge < -0.3 is 10.2 Å². The zero-order valence-corrected chi connectivity index (χ0v) is 14.1. The number of nitriles is 1. The topological polar surface area (TPSA) is 96.8 Å². The Kier molecular flexibility index (Phi) is 5.79. The van der Waals surface area contributed by atoms with Gasteiger partial charge >= 0.3 is 0 Å². The van der Waals surface area contributed by atoms with E-state index >= 15 is 0 Å². The number of hydrazine groups is 1. The molecule has 0 bridgehead atoms. The Balaban J connectivity index is 2.49. The maximum atomic E-state index is 9.44. The summed E-state index contributed by atoms with van der Waals surface area (Å²) in [6.45, 7) is 4.26. The van der Waals surface area contributed by atoms with Crippen LogP contribution in [0.25, 0.3) is 11.3 Å². The van der Waals surface area contributed by atoms with Crippen LogP contribution < -0.4 is 16.0 Å². The highest BCUT2D eigenvalue weighted by Gasteiger charge is 2.16. The van der Waals surface area contributed by atoms with Crippen molar-refractivity contribution in [2.75, 3.05) is 18.3 Å². The average molecular weight is 329 g/mol. The van der Waals surface area contributed by atoms with Crippen LogP contribution in [0.1, 0.15) is 19.4 Å². The van der Waals surface area contributed by atoms with Crippen LogP contribution in [0.2, 0.25) is 0 Å². The van der Waals surface area contributed by atoms with Gasteiger partial charge in [0.2, 0.25) is 0 Å². The summed E-state index contributed by atoms with van der Waals surface area (Å²) >= 11 is 1.54. The van der Waals surface area contributed by atoms with E-state index in [0.29, 0.717) is 28.1 Å². The molecule has 0 fully saturated rings. The molecule has 7 heteroatoms. The van der Waals surface area contributed by atoms with E-state index in [9.17, 15) is 5.26 Å². The van der Waals surface area contributed by atoms with Crippen molar-refractivity contribution in [3.05, 3.63) is 29.8 Å². The number of methoxy groups -OCH3 is 1. The van der Waals surface area contributed by atoms with Gasteiger partial charge in [-0.25, -0.2) is 15.8 Å². The van der Waals surface area contributed by atoms with Crippen LogP contribution in [0.4, 0.5) is 5.82 Å². The zero-order chi connectivity index (χ0) is 16.8. The van der Waals surface area contributed by atoms with Gasteiger partial charge in [-0.2, -0.15) is 5.26 Å². The third-order valence-corrected chi connectivity index (χ3v) is 4.32. The third-order valence-electron chi connectivity index (χ3n) is 3.05. The number of hydrogen-bond acceptors (Lipinski definition) is 7. The van der Waals surface area contributed by atoms with Gasteiger partial charge in [-0.3, -0.25) is 0 Å². The van der Waals surface area contributed by atoms with Crippen molar-refractivity contribution in [2.24, 2.45) is 11.8 Å². The number of benzene rings is 1. The Labute approximate surface area is 140 Å². The van der Waals surface area contributed by atoms with E-state index in [1.807, 2.05) is 24.3 Å². The van der Waals surface area contributed by atoms with Gasteiger partial charge in [0.1, 0.15) is 17.4 Å². The van der Waals surface area contributed by atoms with E-state index in [0.717, 1.165) is 17.1 Å². The second-order valence-corrected chi connectivity index (χ2v) is 6.26. The van der Waals surface area contributed by atoms with Crippen molar-refractivity contribution in [3.63, 3.8) is 0 Å². The highest BCUT2D eigenvalue weighted by Crippen LogP contribution is 2.30. The van der Waals surface area contributed by atoms with Gasteiger partial charge in [-0.15, -0.1) is 0 Å². The molecule has 0 atom stereocenters. The van der Waals surface area contributed by atoms with Crippen molar-refractivity contribution in [2.45, 2.75) is 19.0 Å². The number of nitrogens with two attached hydrogens (primary N) is 1. The fourth-order valence-corrected chi connectivity index (χ4v) is 2.71. The predicted molar refractivity (Wildman–Crippen MR) is 92.1 cm³/mol. The molecule has 0 aliphatic carbocycles. The van der Waals surface area contributed by atoms with E-state index in [-0.39, 0.29) is 0 Å². The molecular weight excluding hydrogens is 310 g/mol. The van der Waals surface area contributed by atoms with E-state index in [1.54, 1.807) is 18.9 Å². The molecule has 1 heterocycles. The standard InChI is InChI=1S/C16H19N5OS/c1-10(2)9-23-16-19-14(13(8-17)15(20-16)21-18)11-4-6-12(22-3)7-5-11/h4-7,10H,9,18H2,1-3H3,(H,19,20,21). The molecule has 0 spiro atoms. The molecule has 0 amide bonds. The quantitative estimate of drug-likeness (QED) is 0.364. The van der Waals surface area contributed by atoms with E-state index in [4.69, 9.17) is 10.6 Å². The monoisotopic (exact) mass is 329 g/mol. The molecular formula is C16H19N5OS. The minimum atomic E-state index is 0.326. The number of anilines is 1. The van der Waals surface area contributed by atoms with Gasteiger partial charge in [0, 0.05) is 11.3 Å². The van der Waals surface area contributed by atoms with Gasteiger partial charge in [-0.05, 0) is 30.2 Å². The van der Waals surface area contributed by atoms with Gasteiger partial charge in [0.15, 0.2) is 11.0 Å². The molecule has 0 radical (unpaired) electrons. The molecule has 1 aromatic heterocycles. The zero-order valence-electron chi connectivity index (χ0n) is 13.3. The molecule has 2 rings (SSSR count). The number of ether oxygens (including phenoxy) is 1. The summed E-state index contributed by atoms with van der Waals surface area (Å²) in [5, 5.41) is 10.0. The summed E-state index contributed by atoms with van der Waals surface area (Å²) in [6.07, 6.45) is 0. The van der Waals surface area contributed by atoms with Crippen molar-refractivity contribution in [1.82, 2.24) is 9.97 Å². The van der Waals surface area contributed by atoms with E-state index in [1.165, 1.54) is 0 Å². The Morgan fingerprint density at radius 3 is 2.52 bits per heavy atom. The van der Waals surface area contributed by atoms with Crippen molar-refractivity contribution in [3.8, 4) is 23.1 Å². The van der Waals surface area contributed by atoms with Crippen LogP contribution >= 0.6 is 11.8 Å². The molecule has 2 aromatic rings. The lowest BCUT2D eigenvalue weighted by Crippen LogP contribution is -2.12. The third kappa shape index (κ3) is 4.12. The number of nitrogens with one attached hydrogen (secondary N) is 1. The minimum Gasteiger partial charge on any atom is -0.497 e. The number of thioether (sulfide) groups is 1. The van der Waals surface area contributed by atoms with Crippen LogP contribution in [-0.2, 0) is 0 Å². The second kappa shape index (κ2) is 7.81. The first kappa shape index (κ1) is 17.1. The highest BCUT2D eigenvalue weighted by atomic mass is 32.2. The van der Waals surface area contributed by atoms with Crippen LogP contribution in [0, 0.1) is 17.2 Å². The number of nitrogen functional groups attached to an aromatic ring is 1. The first-order valence-corrected chi connectivity index (χ1v) is 8.13. The van der Waals surface area contributed by atoms with E-state index < -0.39 is 0 Å². The van der Waals surface area contributed by atoms with E-state index in [2.05, 4.69) is 35.3 Å². The molecule has 0 unspecified atom stereocenters. The molecule has 0 saturated heterocycles. The Bertz CT molecular complexity index is 710. The van der Waals surface area contributed by atoms with Crippen LogP contribution in [-0.4, -0.2) is 22.8 Å². The first-order chi connectivity index (χ1) is 11.1. The minimum absolute atomic E-state index is 0.326. The lowest BCUT2D eigenvalue weighted by Gasteiger charge is -2.11. The summed E-state index contributed by atoms with van der Waals surface area (Å²) in [7, 11) is 1.61.